The molecule has 106 valence electrons. The van der Waals surface area contributed by atoms with Gasteiger partial charge < -0.3 is 10.1 Å². The Morgan fingerprint density at radius 1 is 1.37 bits per heavy atom. The fraction of sp³-hybridized carbons (Fsp3) is 0.647. The van der Waals surface area contributed by atoms with Gasteiger partial charge in [0.1, 0.15) is 5.75 Å². The Morgan fingerprint density at radius 3 is 2.95 bits per heavy atom. The normalized spacial score (nSPS) is 18.4. The van der Waals surface area contributed by atoms with Gasteiger partial charge in [-0.3, -0.25) is 0 Å². The summed E-state index contributed by atoms with van der Waals surface area (Å²) in [6.07, 6.45) is 4.93. The van der Waals surface area contributed by atoms with Gasteiger partial charge in [-0.1, -0.05) is 26.8 Å². The van der Waals surface area contributed by atoms with E-state index >= 15 is 0 Å². The number of aryl methyl sites for hydroxylation is 1. The molecule has 0 saturated carbocycles. The molecule has 0 fully saturated rings. The van der Waals surface area contributed by atoms with Gasteiger partial charge in [0, 0.05) is 6.04 Å². The third-order valence-corrected chi connectivity index (χ3v) is 3.65. The van der Waals surface area contributed by atoms with Crippen molar-refractivity contribution in [3.8, 4) is 5.75 Å². The van der Waals surface area contributed by atoms with Crippen molar-refractivity contribution in [2.24, 2.45) is 5.92 Å². The zero-order valence-electron chi connectivity index (χ0n) is 12.5. The maximum absolute atomic E-state index is 5.83. The average molecular weight is 261 g/mol. The molecule has 2 rings (SSSR count). The molecule has 1 aromatic carbocycles. The van der Waals surface area contributed by atoms with E-state index in [0.29, 0.717) is 12.0 Å². The van der Waals surface area contributed by atoms with Crippen molar-refractivity contribution in [1.82, 2.24) is 5.32 Å². The van der Waals surface area contributed by atoms with Crippen LogP contribution in [-0.2, 0) is 6.42 Å². The molecule has 1 unspecified atom stereocenters. The average Bonchev–Trinajstić information content (AvgIpc) is 2.42. The zero-order valence-corrected chi connectivity index (χ0v) is 12.5. The number of ether oxygens (including phenoxy) is 1. The highest BCUT2D eigenvalue weighted by molar-refractivity contribution is 5.39. The highest BCUT2D eigenvalue weighted by atomic mass is 16.5. The molecule has 2 nitrogen and oxygen atoms in total. The first-order chi connectivity index (χ1) is 9.20. The molecule has 0 aromatic heterocycles. The number of fused-ring (bicyclic) bond motifs is 1. The van der Waals surface area contributed by atoms with E-state index in [-0.39, 0.29) is 0 Å². The lowest BCUT2D eigenvalue weighted by Crippen LogP contribution is -2.25. The molecule has 1 aliphatic rings. The molecule has 0 saturated heterocycles. The van der Waals surface area contributed by atoms with Gasteiger partial charge in [-0.05, 0) is 61.4 Å². The van der Waals surface area contributed by atoms with E-state index in [4.69, 9.17) is 4.74 Å². The summed E-state index contributed by atoms with van der Waals surface area (Å²) in [4.78, 5) is 0. The van der Waals surface area contributed by atoms with Gasteiger partial charge >= 0.3 is 0 Å². The van der Waals surface area contributed by atoms with Gasteiger partial charge in [-0.25, -0.2) is 0 Å². The monoisotopic (exact) mass is 261 g/mol. The Bertz CT molecular complexity index is 400. The molecule has 2 heteroatoms. The summed E-state index contributed by atoms with van der Waals surface area (Å²) in [5.41, 5.74) is 2.96. The van der Waals surface area contributed by atoms with Gasteiger partial charge in [0.25, 0.3) is 0 Å². The minimum absolute atomic E-state index is 0.544. The van der Waals surface area contributed by atoms with Crippen LogP contribution in [0.1, 0.15) is 57.2 Å². The first kappa shape index (κ1) is 14.4. The minimum Gasteiger partial charge on any atom is -0.493 e. The standard InChI is InChI=1S/C17H27NO/c1-4-10-18-17-7-5-6-14-11-15(8-9-16(14)17)19-12-13(2)3/h8-9,11,13,17-18H,4-7,10,12H2,1-3H3. The van der Waals surface area contributed by atoms with Crippen LogP contribution in [0.3, 0.4) is 0 Å². The summed E-state index contributed by atoms with van der Waals surface area (Å²) < 4.78 is 5.83. The number of benzene rings is 1. The second-order valence-corrected chi connectivity index (χ2v) is 5.96. The molecule has 1 N–H and O–H groups in total. The summed E-state index contributed by atoms with van der Waals surface area (Å²) in [5.74, 6) is 1.61. The molecule has 0 bridgehead atoms. The van der Waals surface area contributed by atoms with Crippen LogP contribution in [0.5, 0.6) is 5.75 Å². The van der Waals surface area contributed by atoms with E-state index < -0.39 is 0 Å². The Morgan fingerprint density at radius 2 is 2.21 bits per heavy atom. The third kappa shape index (κ3) is 3.97. The third-order valence-electron chi connectivity index (χ3n) is 3.65. The van der Waals surface area contributed by atoms with Gasteiger partial charge in [-0.15, -0.1) is 0 Å². The van der Waals surface area contributed by atoms with Crippen LogP contribution < -0.4 is 10.1 Å². The van der Waals surface area contributed by atoms with Crippen molar-refractivity contribution in [3.63, 3.8) is 0 Å². The van der Waals surface area contributed by atoms with Crippen molar-refractivity contribution < 1.29 is 4.74 Å². The van der Waals surface area contributed by atoms with E-state index in [2.05, 4.69) is 44.3 Å². The second kappa shape index (κ2) is 6.95. The predicted molar refractivity (Wildman–Crippen MR) is 80.7 cm³/mol. The first-order valence-electron chi connectivity index (χ1n) is 7.69. The fourth-order valence-electron chi connectivity index (χ4n) is 2.67. The Hall–Kier alpha value is -1.02. The second-order valence-electron chi connectivity index (χ2n) is 5.96. The fourth-order valence-corrected chi connectivity index (χ4v) is 2.67. The minimum atomic E-state index is 0.544. The van der Waals surface area contributed by atoms with Gasteiger partial charge in [0.05, 0.1) is 6.61 Å². The number of hydrogen-bond donors (Lipinski definition) is 1. The molecule has 1 aliphatic carbocycles. The van der Waals surface area contributed by atoms with Crippen molar-refractivity contribution >= 4 is 0 Å². The van der Waals surface area contributed by atoms with Crippen LogP contribution >= 0.6 is 0 Å². The molecular formula is C17H27NO. The largest absolute Gasteiger partial charge is 0.493 e. The first-order valence-corrected chi connectivity index (χ1v) is 7.69. The van der Waals surface area contributed by atoms with Crippen molar-refractivity contribution in [3.05, 3.63) is 29.3 Å². The maximum Gasteiger partial charge on any atom is 0.119 e. The highest BCUT2D eigenvalue weighted by Crippen LogP contribution is 2.32. The van der Waals surface area contributed by atoms with Crippen molar-refractivity contribution in [2.75, 3.05) is 13.2 Å². The van der Waals surface area contributed by atoms with Crippen LogP contribution in [0.2, 0.25) is 0 Å². The molecule has 1 atom stereocenters. The molecule has 0 aliphatic heterocycles. The molecule has 19 heavy (non-hydrogen) atoms. The maximum atomic E-state index is 5.83. The van der Waals surface area contributed by atoms with Crippen LogP contribution in [0, 0.1) is 5.92 Å². The molecule has 0 amide bonds. The summed E-state index contributed by atoms with van der Waals surface area (Å²) in [6, 6.07) is 7.19. The van der Waals surface area contributed by atoms with E-state index in [9.17, 15) is 0 Å². The van der Waals surface area contributed by atoms with E-state index in [1.807, 2.05) is 0 Å². The van der Waals surface area contributed by atoms with E-state index in [1.165, 1.54) is 36.8 Å². The van der Waals surface area contributed by atoms with E-state index in [0.717, 1.165) is 18.9 Å². The Balaban J connectivity index is 2.07. The summed E-state index contributed by atoms with van der Waals surface area (Å²) >= 11 is 0. The molecule has 0 spiro atoms. The van der Waals surface area contributed by atoms with Crippen LogP contribution in [0.25, 0.3) is 0 Å². The lowest BCUT2D eigenvalue weighted by Gasteiger charge is -2.27. The summed E-state index contributed by atoms with van der Waals surface area (Å²) in [7, 11) is 0. The molecular weight excluding hydrogens is 234 g/mol. The number of nitrogens with one attached hydrogen (secondary N) is 1. The van der Waals surface area contributed by atoms with Gasteiger partial charge in [-0.2, -0.15) is 0 Å². The van der Waals surface area contributed by atoms with E-state index in [1.54, 1.807) is 0 Å². The molecule has 0 heterocycles. The lowest BCUT2D eigenvalue weighted by molar-refractivity contribution is 0.270. The molecule has 0 radical (unpaired) electrons. The predicted octanol–water partition coefficient (Wildman–Crippen LogP) is 4.10. The van der Waals surface area contributed by atoms with Crippen LogP contribution in [0.15, 0.2) is 18.2 Å². The SMILES string of the molecule is CCCNC1CCCc2cc(OCC(C)C)ccc21. The zero-order chi connectivity index (χ0) is 13.7. The van der Waals surface area contributed by atoms with Crippen LogP contribution in [-0.4, -0.2) is 13.2 Å². The molecule has 1 aromatic rings. The quantitative estimate of drug-likeness (QED) is 0.832. The Labute approximate surface area is 117 Å². The Kier molecular flexibility index (Phi) is 5.26. The number of rotatable bonds is 6. The van der Waals surface area contributed by atoms with Gasteiger partial charge in [0.2, 0.25) is 0 Å². The summed E-state index contributed by atoms with van der Waals surface area (Å²) in [5, 5.41) is 3.66. The van der Waals surface area contributed by atoms with Crippen LogP contribution in [0.4, 0.5) is 0 Å². The highest BCUT2D eigenvalue weighted by Gasteiger charge is 2.19. The van der Waals surface area contributed by atoms with Crippen molar-refractivity contribution in [1.29, 1.82) is 0 Å². The number of hydrogen-bond acceptors (Lipinski definition) is 2. The summed E-state index contributed by atoms with van der Waals surface area (Å²) in [6.45, 7) is 8.50. The smallest absolute Gasteiger partial charge is 0.119 e. The lowest BCUT2D eigenvalue weighted by atomic mass is 9.87. The van der Waals surface area contributed by atoms with Gasteiger partial charge in [0.15, 0.2) is 0 Å². The van der Waals surface area contributed by atoms with Crippen molar-refractivity contribution in [2.45, 2.75) is 52.5 Å². The topological polar surface area (TPSA) is 21.3 Å².